The van der Waals surface area contributed by atoms with Crippen LogP contribution in [0.15, 0.2) is 84.9 Å². The van der Waals surface area contributed by atoms with E-state index < -0.39 is 7.92 Å². The van der Waals surface area contributed by atoms with E-state index in [4.69, 9.17) is 0 Å². The van der Waals surface area contributed by atoms with Crippen molar-refractivity contribution < 1.29 is 0 Å². The lowest BCUT2D eigenvalue weighted by Gasteiger charge is -2.22. The third-order valence-corrected chi connectivity index (χ3v) is 6.92. The maximum Gasteiger partial charge on any atom is -0.00813 e. The molecule has 0 aliphatic heterocycles. The van der Waals surface area contributed by atoms with Crippen molar-refractivity contribution in [2.45, 2.75) is 13.3 Å². The average Bonchev–Trinajstić information content (AvgIpc) is 3.02. The molecule has 0 nitrogen and oxygen atoms in total. The van der Waals surface area contributed by atoms with Crippen LogP contribution in [0.4, 0.5) is 0 Å². The van der Waals surface area contributed by atoms with E-state index in [2.05, 4.69) is 91.9 Å². The fourth-order valence-corrected chi connectivity index (χ4v) is 5.97. The zero-order chi connectivity index (χ0) is 15.6. The first-order valence-electron chi connectivity index (χ1n) is 8.04. The molecule has 0 radical (unpaired) electrons. The van der Waals surface area contributed by atoms with Crippen LogP contribution in [0.5, 0.6) is 0 Å². The molecule has 0 N–H and O–H groups in total. The zero-order valence-electron chi connectivity index (χ0n) is 13.2. The quantitative estimate of drug-likeness (QED) is 0.595. The Kier molecular flexibility index (Phi) is 3.85. The van der Waals surface area contributed by atoms with Gasteiger partial charge in [0.25, 0.3) is 0 Å². The van der Waals surface area contributed by atoms with E-state index >= 15 is 0 Å². The van der Waals surface area contributed by atoms with Crippen LogP contribution in [0, 0.1) is 6.92 Å². The molecule has 23 heavy (non-hydrogen) atoms. The number of rotatable bonds is 3. The largest absolute Gasteiger partial charge is 0.0711 e. The van der Waals surface area contributed by atoms with Gasteiger partial charge in [0.15, 0.2) is 0 Å². The summed E-state index contributed by atoms with van der Waals surface area (Å²) in [6.07, 6.45) is 3.51. The van der Waals surface area contributed by atoms with Gasteiger partial charge in [-0.25, -0.2) is 0 Å². The SMILES string of the molecule is Cc1cccc2c1C(P(c1ccccc1)c1ccccc1)=CC2. The van der Waals surface area contributed by atoms with Crippen molar-refractivity contribution in [2.24, 2.45) is 0 Å². The van der Waals surface area contributed by atoms with Crippen LogP contribution in [-0.2, 0) is 6.42 Å². The van der Waals surface area contributed by atoms with Gasteiger partial charge in [-0.05, 0) is 53.9 Å². The molecule has 1 heteroatoms. The monoisotopic (exact) mass is 314 g/mol. The van der Waals surface area contributed by atoms with Crippen molar-refractivity contribution in [3.05, 3.63) is 102 Å². The smallest absolute Gasteiger partial charge is 0.00813 e. The van der Waals surface area contributed by atoms with E-state index in [0.29, 0.717) is 0 Å². The van der Waals surface area contributed by atoms with Crippen LogP contribution >= 0.6 is 7.92 Å². The van der Waals surface area contributed by atoms with E-state index in [1.807, 2.05) is 0 Å². The number of hydrogen-bond acceptors (Lipinski definition) is 0. The van der Waals surface area contributed by atoms with Crippen LogP contribution in [0.3, 0.4) is 0 Å². The van der Waals surface area contributed by atoms with Gasteiger partial charge in [-0.3, -0.25) is 0 Å². The fraction of sp³-hybridized carbons (Fsp3) is 0.0909. The third kappa shape index (κ3) is 2.64. The summed E-state index contributed by atoms with van der Waals surface area (Å²) in [7, 11) is -0.494. The van der Waals surface area contributed by atoms with Gasteiger partial charge in [-0.2, -0.15) is 0 Å². The normalized spacial score (nSPS) is 13.0. The van der Waals surface area contributed by atoms with Gasteiger partial charge in [0, 0.05) is 0 Å². The number of benzene rings is 3. The first-order chi connectivity index (χ1) is 11.3. The molecule has 0 bridgehead atoms. The van der Waals surface area contributed by atoms with Crippen molar-refractivity contribution in [2.75, 3.05) is 0 Å². The van der Waals surface area contributed by atoms with Crippen molar-refractivity contribution in [1.29, 1.82) is 0 Å². The van der Waals surface area contributed by atoms with Crippen LogP contribution in [-0.4, -0.2) is 0 Å². The summed E-state index contributed by atoms with van der Waals surface area (Å²) in [6, 6.07) is 28.6. The zero-order valence-corrected chi connectivity index (χ0v) is 14.1. The number of fused-ring (bicyclic) bond motifs is 1. The molecule has 3 aromatic carbocycles. The minimum absolute atomic E-state index is 0.494. The van der Waals surface area contributed by atoms with E-state index in [9.17, 15) is 0 Å². The van der Waals surface area contributed by atoms with Gasteiger partial charge in [-0.15, -0.1) is 0 Å². The lowest BCUT2D eigenvalue weighted by molar-refractivity contribution is 1.28. The second-order valence-electron chi connectivity index (χ2n) is 5.91. The summed E-state index contributed by atoms with van der Waals surface area (Å²) in [5.74, 6) is 0. The van der Waals surface area contributed by atoms with Gasteiger partial charge in [-0.1, -0.05) is 84.9 Å². The molecule has 0 saturated carbocycles. The average molecular weight is 314 g/mol. The molecule has 3 aromatic rings. The number of aryl methyl sites for hydroxylation is 1. The topological polar surface area (TPSA) is 0 Å². The Morgan fingerprint density at radius 2 is 1.30 bits per heavy atom. The van der Waals surface area contributed by atoms with Gasteiger partial charge in [0.05, 0.1) is 0 Å². The molecule has 0 amide bonds. The van der Waals surface area contributed by atoms with Gasteiger partial charge in [0.2, 0.25) is 0 Å². The molecule has 0 aromatic heterocycles. The second-order valence-corrected chi connectivity index (χ2v) is 8.09. The second kappa shape index (κ2) is 6.14. The van der Waals surface area contributed by atoms with E-state index in [1.165, 1.54) is 32.6 Å². The lowest BCUT2D eigenvalue weighted by atomic mass is 10.1. The number of hydrogen-bond donors (Lipinski definition) is 0. The fourth-order valence-electron chi connectivity index (χ4n) is 3.36. The third-order valence-electron chi connectivity index (χ3n) is 4.40. The van der Waals surface area contributed by atoms with Gasteiger partial charge < -0.3 is 0 Å². The summed E-state index contributed by atoms with van der Waals surface area (Å²) in [5, 5.41) is 4.37. The maximum atomic E-state index is 2.45. The lowest BCUT2D eigenvalue weighted by Crippen LogP contribution is -2.12. The highest BCUT2D eigenvalue weighted by Crippen LogP contribution is 2.52. The molecule has 0 heterocycles. The van der Waals surface area contributed by atoms with E-state index in [0.717, 1.165) is 6.42 Å². The van der Waals surface area contributed by atoms with E-state index in [-0.39, 0.29) is 0 Å². The van der Waals surface area contributed by atoms with Crippen molar-refractivity contribution in [1.82, 2.24) is 0 Å². The molecule has 0 fully saturated rings. The molecule has 1 aliphatic carbocycles. The van der Waals surface area contributed by atoms with Crippen molar-refractivity contribution >= 4 is 23.8 Å². The van der Waals surface area contributed by atoms with Gasteiger partial charge >= 0.3 is 0 Å². The molecule has 0 spiro atoms. The van der Waals surface area contributed by atoms with Crippen molar-refractivity contribution in [3.8, 4) is 0 Å². The summed E-state index contributed by atoms with van der Waals surface area (Å²) >= 11 is 0. The standard InChI is InChI=1S/C22H19P/c1-17-9-8-10-18-15-16-21(22(17)18)23(19-11-4-2-5-12-19)20-13-6-3-7-14-20/h2-14,16H,15H2,1H3. The Balaban J connectivity index is 1.89. The molecule has 1 aliphatic rings. The Bertz CT molecular complexity index is 808. The molecule has 0 saturated heterocycles. The first-order valence-corrected chi connectivity index (χ1v) is 9.38. The molecule has 112 valence electrons. The highest BCUT2D eigenvalue weighted by Gasteiger charge is 2.25. The predicted molar refractivity (Wildman–Crippen MR) is 102 cm³/mol. The summed E-state index contributed by atoms with van der Waals surface area (Å²) in [6.45, 7) is 2.24. The Hall–Kier alpha value is -2.17. The Labute approximate surface area is 139 Å². The highest BCUT2D eigenvalue weighted by molar-refractivity contribution is 7.82. The highest BCUT2D eigenvalue weighted by atomic mass is 31.1. The Morgan fingerprint density at radius 3 is 1.91 bits per heavy atom. The summed E-state index contributed by atoms with van der Waals surface area (Å²) in [4.78, 5) is 0. The van der Waals surface area contributed by atoms with E-state index in [1.54, 1.807) is 0 Å². The van der Waals surface area contributed by atoms with Crippen LogP contribution < -0.4 is 10.6 Å². The van der Waals surface area contributed by atoms with Crippen LogP contribution in [0.2, 0.25) is 0 Å². The van der Waals surface area contributed by atoms with Crippen LogP contribution in [0.25, 0.3) is 5.31 Å². The predicted octanol–water partition coefficient (Wildman–Crippen LogP) is 5.02. The molecule has 0 atom stereocenters. The molecule has 0 unspecified atom stereocenters. The van der Waals surface area contributed by atoms with Crippen molar-refractivity contribution in [3.63, 3.8) is 0 Å². The molecular formula is C22H19P. The Morgan fingerprint density at radius 1 is 0.696 bits per heavy atom. The molecule has 4 rings (SSSR count). The van der Waals surface area contributed by atoms with Crippen LogP contribution in [0.1, 0.15) is 16.7 Å². The first kappa shape index (κ1) is 14.4. The summed E-state index contributed by atoms with van der Waals surface area (Å²) in [5.41, 5.74) is 4.34. The maximum absolute atomic E-state index is 2.45. The minimum atomic E-state index is -0.494. The number of allylic oxidation sites excluding steroid dienone is 1. The summed E-state index contributed by atoms with van der Waals surface area (Å²) < 4.78 is 0. The molecular weight excluding hydrogens is 295 g/mol. The van der Waals surface area contributed by atoms with Gasteiger partial charge in [0.1, 0.15) is 0 Å². The minimum Gasteiger partial charge on any atom is -0.0711 e.